The highest BCUT2D eigenvalue weighted by Crippen LogP contribution is 2.46. The molecule has 2 aromatic carbocycles. The van der Waals surface area contributed by atoms with Crippen molar-refractivity contribution in [2.45, 2.75) is 49.6 Å². The van der Waals surface area contributed by atoms with Crippen LogP contribution in [0.4, 0.5) is 5.69 Å². The second-order valence-corrected chi connectivity index (χ2v) is 13.4. The van der Waals surface area contributed by atoms with Gasteiger partial charge in [0.2, 0.25) is 10.0 Å². The number of aliphatic carboxylic acids is 1. The minimum Gasteiger partial charge on any atom is -0.479 e. The summed E-state index contributed by atoms with van der Waals surface area (Å²) >= 11 is 4.40. The average molecular weight is 636 g/mol. The third kappa shape index (κ3) is 5.98. The molecule has 2 fully saturated rings. The summed E-state index contributed by atoms with van der Waals surface area (Å²) in [5.74, 6) is -2.41. The van der Waals surface area contributed by atoms with Crippen molar-refractivity contribution in [1.82, 2.24) is 4.31 Å². The molecule has 0 saturated carbocycles. The van der Waals surface area contributed by atoms with E-state index in [-0.39, 0.29) is 34.5 Å². The number of carbonyl (C=O) groups is 2. The topological polar surface area (TPSA) is 133 Å². The van der Waals surface area contributed by atoms with Crippen LogP contribution in [0.25, 0.3) is 10.4 Å². The summed E-state index contributed by atoms with van der Waals surface area (Å²) in [5.41, 5.74) is 2.37. The number of thiophene rings is 1. The van der Waals surface area contributed by atoms with Crippen molar-refractivity contribution in [3.05, 3.63) is 69.5 Å². The monoisotopic (exact) mass is 634 g/mol. The molecule has 0 amide bonds. The van der Waals surface area contributed by atoms with Crippen molar-refractivity contribution in [3.8, 4) is 16.2 Å². The zero-order valence-electron chi connectivity index (χ0n) is 20.7. The Kier molecular flexibility index (Phi) is 7.99. The summed E-state index contributed by atoms with van der Waals surface area (Å²) in [7, 11) is -3.43. The quantitative estimate of drug-likeness (QED) is 0.274. The molecule has 9 nitrogen and oxygen atoms in total. The molecule has 0 spiro atoms. The number of rotatable bonds is 10. The fraction of sp³-hybridized carbons (Fsp3) is 0.333. The van der Waals surface area contributed by atoms with E-state index in [0.717, 1.165) is 41.0 Å². The number of piperidine rings is 1. The fourth-order valence-electron chi connectivity index (χ4n) is 5.54. The maximum atomic E-state index is 13.3. The van der Waals surface area contributed by atoms with Crippen molar-refractivity contribution in [2.75, 3.05) is 11.9 Å². The standard InChI is InChI=1S/C27H27BrN2O7S2/c28-23-24(37-14-22(31)32)26(27(33)34)38-25(23)17-7-4-8-18(11-17)29-19-12-20-9-10-21(13-19)30(20)39(35,36)15-16-5-2-1-3-6-16/h1-8,11,19-21,29H,9-10,12-15H2,(H,31,32)(H,33,34). The number of halogens is 1. The van der Waals surface area contributed by atoms with Gasteiger partial charge in [0.25, 0.3) is 0 Å². The van der Waals surface area contributed by atoms with Gasteiger partial charge in [-0.15, -0.1) is 11.3 Å². The number of ether oxygens (including phenoxy) is 1. The molecule has 206 valence electrons. The van der Waals surface area contributed by atoms with E-state index in [2.05, 4.69) is 21.2 Å². The van der Waals surface area contributed by atoms with E-state index in [9.17, 15) is 23.1 Å². The maximum Gasteiger partial charge on any atom is 0.349 e. The van der Waals surface area contributed by atoms with Gasteiger partial charge in [-0.05, 0) is 64.9 Å². The number of sulfonamides is 1. The Bertz CT molecular complexity index is 1480. The Hall–Kier alpha value is -2.93. The Labute approximate surface area is 238 Å². The van der Waals surface area contributed by atoms with E-state index < -0.39 is 28.6 Å². The number of nitrogens with zero attached hydrogens (tertiary/aromatic N) is 1. The van der Waals surface area contributed by atoms with Crippen molar-refractivity contribution in [2.24, 2.45) is 0 Å². The molecular weight excluding hydrogens is 608 g/mol. The molecule has 1 aromatic heterocycles. The number of carboxylic acid groups (broad SMARTS) is 2. The molecule has 39 heavy (non-hydrogen) atoms. The lowest BCUT2D eigenvalue weighted by Crippen LogP contribution is -2.49. The smallest absolute Gasteiger partial charge is 0.349 e. The molecular formula is C27H27BrN2O7S2. The van der Waals surface area contributed by atoms with Crippen LogP contribution in [-0.2, 0) is 20.6 Å². The van der Waals surface area contributed by atoms with E-state index >= 15 is 0 Å². The highest BCUT2D eigenvalue weighted by Gasteiger charge is 2.46. The van der Waals surface area contributed by atoms with Gasteiger partial charge in [0.15, 0.2) is 17.2 Å². The van der Waals surface area contributed by atoms with Crippen LogP contribution >= 0.6 is 27.3 Å². The Morgan fingerprint density at radius 2 is 1.74 bits per heavy atom. The van der Waals surface area contributed by atoms with Crippen LogP contribution in [0.1, 0.15) is 40.9 Å². The number of aromatic carboxylic acids is 1. The third-order valence-corrected chi connectivity index (χ3v) is 11.2. The molecule has 2 unspecified atom stereocenters. The maximum absolute atomic E-state index is 13.3. The van der Waals surface area contributed by atoms with Gasteiger partial charge in [-0.25, -0.2) is 18.0 Å². The van der Waals surface area contributed by atoms with Crippen molar-refractivity contribution < 1.29 is 33.0 Å². The normalized spacial score (nSPS) is 21.0. The molecule has 2 aliphatic rings. The number of benzene rings is 2. The lowest BCUT2D eigenvalue weighted by atomic mass is 9.99. The number of anilines is 1. The lowest BCUT2D eigenvalue weighted by molar-refractivity contribution is -0.139. The Morgan fingerprint density at radius 1 is 1.05 bits per heavy atom. The van der Waals surface area contributed by atoms with Crippen LogP contribution in [0.15, 0.2) is 59.1 Å². The van der Waals surface area contributed by atoms with Gasteiger partial charge >= 0.3 is 11.9 Å². The first-order valence-corrected chi connectivity index (χ1v) is 15.7. The van der Waals surface area contributed by atoms with Gasteiger partial charge in [0.1, 0.15) is 0 Å². The zero-order chi connectivity index (χ0) is 27.7. The van der Waals surface area contributed by atoms with Crippen LogP contribution in [0.5, 0.6) is 5.75 Å². The Morgan fingerprint density at radius 3 is 2.38 bits per heavy atom. The summed E-state index contributed by atoms with van der Waals surface area (Å²) in [4.78, 5) is 23.2. The number of carboxylic acids is 2. The fourth-order valence-corrected chi connectivity index (χ4v) is 9.48. The third-order valence-electron chi connectivity index (χ3n) is 7.02. The van der Waals surface area contributed by atoms with Crippen LogP contribution in [-0.4, -0.2) is 59.6 Å². The van der Waals surface area contributed by atoms with E-state index in [1.54, 1.807) is 4.31 Å². The predicted molar refractivity (Wildman–Crippen MR) is 152 cm³/mol. The van der Waals surface area contributed by atoms with Gasteiger partial charge in [0.05, 0.1) is 15.1 Å². The molecule has 2 bridgehead atoms. The molecule has 12 heteroatoms. The van der Waals surface area contributed by atoms with Crippen LogP contribution < -0.4 is 10.1 Å². The van der Waals surface area contributed by atoms with E-state index in [1.165, 1.54) is 0 Å². The molecule has 2 saturated heterocycles. The first kappa shape index (κ1) is 27.6. The second kappa shape index (κ2) is 11.3. The molecule has 2 atom stereocenters. The molecule has 3 aromatic rings. The lowest BCUT2D eigenvalue weighted by Gasteiger charge is -2.38. The minimum atomic E-state index is -3.43. The first-order valence-electron chi connectivity index (χ1n) is 12.4. The molecule has 5 rings (SSSR count). The van der Waals surface area contributed by atoms with Crippen molar-refractivity contribution >= 4 is 54.9 Å². The molecule has 3 heterocycles. The van der Waals surface area contributed by atoms with Gasteiger partial charge in [-0.1, -0.05) is 42.5 Å². The summed E-state index contributed by atoms with van der Waals surface area (Å²) in [6.07, 6.45) is 3.09. The van der Waals surface area contributed by atoms with Gasteiger partial charge in [-0.3, -0.25) is 0 Å². The number of hydrogen-bond donors (Lipinski definition) is 3. The number of fused-ring (bicyclic) bond motifs is 2. The van der Waals surface area contributed by atoms with Crippen molar-refractivity contribution in [1.29, 1.82) is 0 Å². The van der Waals surface area contributed by atoms with E-state index in [4.69, 9.17) is 9.84 Å². The van der Waals surface area contributed by atoms with Gasteiger partial charge in [-0.2, -0.15) is 4.31 Å². The van der Waals surface area contributed by atoms with Crippen LogP contribution in [0.2, 0.25) is 0 Å². The number of hydrogen-bond acceptors (Lipinski definition) is 7. The average Bonchev–Trinajstić information content (AvgIpc) is 3.37. The van der Waals surface area contributed by atoms with Crippen LogP contribution in [0.3, 0.4) is 0 Å². The van der Waals surface area contributed by atoms with Crippen molar-refractivity contribution in [3.63, 3.8) is 0 Å². The molecule has 0 aliphatic carbocycles. The number of nitrogens with one attached hydrogen (secondary N) is 1. The van der Waals surface area contributed by atoms with Crippen LogP contribution in [0, 0.1) is 0 Å². The molecule has 0 radical (unpaired) electrons. The first-order chi connectivity index (χ1) is 18.6. The zero-order valence-corrected chi connectivity index (χ0v) is 24.0. The van der Waals surface area contributed by atoms with Gasteiger partial charge in [0, 0.05) is 23.8 Å². The predicted octanol–water partition coefficient (Wildman–Crippen LogP) is 5.28. The largest absolute Gasteiger partial charge is 0.479 e. The summed E-state index contributed by atoms with van der Waals surface area (Å²) in [5, 5.41) is 22.1. The SMILES string of the molecule is O=C(O)COc1c(C(=O)O)sc(-c2cccc(NC3CC4CCC(C3)N4S(=O)(=O)Cc3ccccc3)c2)c1Br. The van der Waals surface area contributed by atoms with Gasteiger partial charge < -0.3 is 20.3 Å². The summed E-state index contributed by atoms with van der Waals surface area (Å²) in [6, 6.07) is 16.8. The van der Waals surface area contributed by atoms with E-state index in [0.29, 0.717) is 22.2 Å². The summed E-state index contributed by atoms with van der Waals surface area (Å²) < 4.78 is 34.0. The highest BCUT2D eigenvalue weighted by atomic mass is 79.9. The second-order valence-electron chi connectivity index (χ2n) is 9.74. The summed E-state index contributed by atoms with van der Waals surface area (Å²) in [6.45, 7) is -0.654. The van der Waals surface area contributed by atoms with E-state index in [1.807, 2.05) is 54.6 Å². The minimum absolute atomic E-state index is 0.00711. The molecule has 3 N–H and O–H groups in total. The Balaban J connectivity index is 1.31. The molecule has 2 aliphatic heterocycles. The highest BCUT2D eigenvalue weighted by molar-refractivity contribution is 9.10.